The van der Waals surface area contributed by atoms with E-state index < -0.39 is 121 Å². The predicted octanol–water partition coefficient (Wildman–Crippen LogP) is -16.4. The first-order valence-corrected chi connectivity index (χ1v) is 13.7. The molecule has 6 N–H and O–H groups in total. The van der Waals surface area contributed by atoms with Crippen LogP contribution in [0.5, 0.6) is 0 Å². The molecule has 0 radical (unpaired) electrons. The number of carbonyl (C=O) groups is 3. The fourth-order valence-electron chi connectivity index (χ4n) is 5.21. The van der Waals surface area contributed by atoms with Gasteiger partial charge in [0.15, 0.2) is 12.6 Å². The first-order chi connectivity index (χ1) is 20.1. The van der Waals surface area contributed by atoms with Crippen molar-refractivity contribution in [3.05, 3.63) is 0 Å². The second-order valence-electron chi connectivity index (χ2n) is 13.0. The molecule has 3 aliphatic heterocycles. The summed E-state index contributed by atoms with van der Waals surface area (Å²) >= 11 is 0. The molecule has 47 heavy (non-hydrogen) atoms. The summed E-state index contributed by atoms with van der Waals surface area (Å²) in [6.07, 6.45) is -30.3. The molecular formula is C26H39Na3O18. The van der Waals surface area contributed by atoms with E-state index in [-0.39, 0.29) is 88.7 Å². The number of ether oxygens (including phenoxy) is 6. The van der Waals surface area contributed by atoms with Gasteiger partial charge in [-0.25, -0.2) is 0 Å². The van der Waals surface area contributed by atoms with Gasteiger partial charge in [0.1, 0.15) is 73.2 Å². The maximum absolute atomic E-state index is 12.0. The van der Waals surface area contributed by atoms with Crippen LogP contribution in [-0.2, 0) is 42.8 Å². The van der Waals surface area contributed by atoms with Crippen LogP contribution in [0.1, 0.15) is 41.5 Å². The monoisotopic (exact) mass is 708 g/mol. The number of hydrogen-bond acceptors (Lipinski definition) is 18. The Morgan fingerprint density at radius 3 is 1.19 bits per heavy atom. The van der Waals surface area contributed by atoms with Gasteiger partial charge in [-0.2, -0.15) is 0 Å². The van der Waals surface area contributed by atoms with Crippen LogP contribution in [0.25, 0.3) is 0 Å². The summed E-state index contributed by atoms with van der Waals surface area (Å²) in [6, 6.07) is 0. The van der Waals surface area contributed by atoms with Crippen LogP contribution in [0.15, 0.2) is 0 Å². The van der Waals surface area contributed by atoms with Crippen LogP contribution >= 0.6 is 0 Å². The molecule has 254 valence electrons. The van der Waals surface area contributed by atoms with Crippen LogP contribution < -0.4 is 104 Å². The number of aliphatic hydroxyl groups is 6. The number of carbonyl (C=O) groups excluding carboxylic acids is 3. The summed E-state index contributed by atoms with van der Waals surface area (Å²) in [7, 11) is 0. The maximum atomic E-state index is 12.0. The van der Waals surface area contributed by atoms with Crippen molar-refractivity contribution in [3.8, 4) is 0 Å². The fourth-order valence-corrected chi connectivity index (χ4v) is 5.21. The Labute approximate surface area is 336 Å². The number of aliphatic carboxylic acids is 3. The number of hydrogen-bond donors (Lipinski definition) is 6. The average Bonchev–Trinajstić information content (AvgIpc) is 2.88. The normalized spacial score (nSPS) is 41.0. The van der Waals surface area contributed by atoms with Crippen molar-refractivity contribution < 1.29 is 177 Å². The zero-order valence-electron chi connectivity index (χ0n) is 27.7. The van der Waals surface area contributed by atoms with E-state index in [1.54, 1.807) is 20.8 Å². The molecule has 0 saturated carbocycles. The third-order valence-corrected chi connectivity index (χ3v) is 7.30. The maximum Gasteiger partial charge on any atom is 1.00 e. The Bertz CT molecular complexity index is 1060. The molecule has 3 heterocycles. The zero-order valence-corrected chi connectivity index (χ0v) is 33.7. The summed E-state index contributed by atoms with van der Waals surface area (Å²) in [4.78, 5) is 35.6. The summed E-state index contributed by atoms with van der Waals surface area (Å²) in [5.74, 6) is -5.87. The predicted molar refractivity (Wildman–Crippen MR) is 131 cm³/mol. The molecule has 21 heteroatoms. The second-order valence-corrected chi connectivity index (χ2v) is 13.0. The van der Waals surface area contributed by atoms with Crippen LogP contribution in [-0.4, -0.2) is 146 Å². The molecule has 3 fully saturated rings. The summed E-state index contributed by atoms with van der Waals surface area (Å²) in [5, 5.41) is 99.7. The summed E-state index contributed by atoms with van der Waals surface area (Å²) in [5.41, 5.74) is -1.91. The smallest absolute Gasteiger partial charge is 0.547 e. The van der Waals surface area contributed by atoms with Gasteiger partial charge in [-0.15, -0.1) is 0 Å². The zero-order chi connectivity index (χ0) is 33.6. The molecule has 0 aromatic rings. The van der Waals surface area contributed by atoms with Crippen molar-refractivity contribution in [2.45, 2.75) is 139 Å². The van der Waals surface area contributed by atoms with Crippen molar-refractivity contribution in [1.82, 2.24) is 0 Å². The van der Waals surface area contributed by atoms with Crippen molar-refractivity contribution in [2.75, 3.05) is 0 Å². The molecular weight excluding hydrogens is 669 g/mol. The summed E-state index contributed by atoms with van der Waals surface area (Å²) < 4.78 is 31.9. The molecule has 3 saturated heterocycles. The van der Waals surface area contributed by atoms with Gasteiger partial charge in [-0.1, -0.05) is 20.8 Å². The molecule has 15 atom stereocenters. The van der Waals surface area contributed by atoms with E-state index >= 15 is 0 Å². The van der Waals surface area contributed by atoms with E-state index in [0.717, 1.165) is 0 Å². The van der Waals surface area contributed by atoms with E-state index in [9.17, 15) is 60.3 Å². The quantitative estimate of drug-likeness (QED) is 0.128. The molecule has 0 aliphatic carbocycles. The largest absolute Gasteiger partial charge is 1.00 e. The Morgan fingerprint density at radius 2 is 0.851 bits per heavy atom. The summed E-state index contributed by atoms with van der Waals surface area (Å²) in [6.45, 7) is 9.36. The minimum atomic E-state index is -2.37. The minimum Gasteiger partial charge on any atom is -0.547 e. The van der Waals surface area contributed by atoms with Crippen LogP contribution in [0.3, 0.4) is 0 Å². The van der Waals surface area contributed by atoms with E-state index in [0.29, 0.717) is 0 Å². The van der Waals surface area contributed by atoms with Crippen molar-refractivity contribution in [2.24, 2.45) is 5.41 Å². The Morgan fingerprint density at radius 1 is 0.532 bits per heavy atom. The van der Waals surface area contributed by atoms with E-state index in [4.69, 9.17) is 28.4 Å². The Kier molecular flexibility index (Phi) is 19.0. The molecule has 0 bridgehead atoms. The van der Waals surface area contributed by atoms with Gasteiger partial charge in [-0.3, -0.25) is 0 Å². The molecule has 3 aliphatic rings. The standard InChI is InChI=1S/C26H42O18.3Na/c1-25(2,3)19-10(30)7(27)13(16(39-19)20(33)34)40-23-11(31)8(28)14(17(42-23)21(35)36)41-24-12(32)9(29)15(44-26(4,5)6)18(43-24)22(37)38;;;/h7-19,23-24,27-32H,1-6H3,(H,33,34)(H,35,36)(H,37,38);;;/q;3*+1/p-3/t7?,8?,9?,10-,11-,12-,13+,14+,15+,16?,17?,18?,19+,23+,24+;;;/m1.../s1. The van der Waals surface area contributed by atoms with Crippen LogP contribution in [0, 0.1) is 5.41 Å². The van der Waals surface area contributed by atoms with Gasteiger partial charge in [0.05, 0.1) is 29.6 Å². The van der Waals surface area contributed by atoms with Gasteiger partial charge in [-0.05, 0) is 26.2 Å². The van der Waals surface area contributed by atoms with E-state index in [2.05, 4.69) is 0 Å². The van der Waals surface area contributed by atoms with E-state index in [1.165, 1.54) is 20.8 Å². The second kappa shape index (κ2) is 18.6. The molecule has 3 rings (SSSR count). The first kappa shape index (κ1) is 47.9. The molecule has 18 nitrogen and oxygen atoms in total. The fraction of sp³-hybridized carbons (Fsp3) is 0.885. The van der Waals surface area contributed by atoms with Crippen LogP contribution in [0.2, 0.25) is 0 Å². The molecule has 6 unspecified atom stereocenters. The topological polar surface area (TPSA) is 297 Å². The molecule has 0 aromatic carbocycles. The Hall–Kier alpha value is 0.930. The number of aliphatic hydroxyl groups excluding tert-OH is 6. The van der Waals surface area contributed by atoms with Crippen LogP contribution in [0.4, 0.5) is 0 Å². The Balaban J connectivity index is 0.00000705. The van der Waals surface area contributed by atoms with Gasteiger partial charge >= 0.3 is 88.7 Å². The van der Waals surface area contributed by atoms with Crippen molar-refractivity contribution >= 4 is 17.9 Å². The molecule has 0 spiro atoms. The van der Waals surface area contributed by atoms with Crippen molar-refractivity contribution in [3.63, 3.8) is 0 Å². The van der Waals surface area contributed by atoms with Gasteiger partial charge in [0.25, 0.3) is 0 Å². The number of rotatable bonds is 8. The minimum absolute atomic E-state index is 0. The van der Waals surface area contributed by atoms with Gasteiger partial charge in [0.2, 0.25) is 0 Å². The van der Waals surface area contributed by atoms with Gasteiger partial charge in [0, 0.05) is 0 Å². The molecule has 0 aromatic heterocycles. The molecule has 0 amide bonds. The first-order valence-electron chi connectivity index (χ1n) is 13.7. The van der Waals surface area contributed by atoms with Gasteiger partial charge < -0.3 is 88.8 Å². The number of carboxylic acids is 3. The average molecular weight is 709 g/mol. The third kappa shape index (κ3) is 11.2. The third-order valence-electron chi connectivity index (χ3n) is 7.30. The number of carboxylic acid groups (broad SMARTS) is 3. The van der Waals surface area contributed by atoms with E-state index in [1.807, 2.05) is 0 Å². The van der Waals surface area contributed by atoms with Crippen molar-refractivity contribution in [1.29, 1.82) is 0 Å². The SMILES string of the molecule is CC(C)(C)O[C@@H]1C(C(=O)[O-])O[C@H](O[C@@H]2C(C(=O)[O-])O[C@H](O[C@@H]3C(C(=O)[O-])O[C@H](C(C)(C)C)[C@H](O)C3O)[C@H](O)C2O)[C@H](O)C1O.[Na+].[Na+].[Na+].